The van der Waals surface area contributed by atoms with Crippen molar-refractivity contribution in [2.75, 3.05) is 5.32 Å². The molecule has 1 heterocycles. The smallest absolute Gasteiger partial charge is 0.169 e. The summed E-state index contributed by atoms with van der Waals surface area (Å²) in [5.41, 5.74) is 1.31. The minimum atomic E-state index is 0.0142. The van der Waals surface area contributed by atoms with Crippen molar-refractivity contribution in [1.29, 1.82) is 5.26 Å². The highest BCUT2D eigenvalue weighted by Gasteiger charge is 2.10. The molecule has 0 spiro atoms. The van der Waals surface area contributed by atoms with E-state index in [1.165, 1.54) is 0 Å². The summed E-state index contributed by atoms with van der Waals surface area (Å²) in [5.74, 6) is 0.822. The van der Waals surface area contributed by atoms with E-state index < -0.39 is 0 Å². The molecule has 0 aliphatic rings. The Morgan fingerprint density at radius 2 is 2.17 bits per heavy atom. The normalized spacial score (nSPS) is 11.9. The monoisotopic (exact) mass is 324 g/mol. The number of hydrogen-bond donors (Lipinski definition) is 1. The number of hydrogen-bond acceptors (Lipinski definition) is 3. The van der Waals surface area contributed by atoms with E-state index in [2.05, 4.69) is 21.2 Å². The Balaban J connectivity index is 2.15. The maximum absolute atomic E-state index is 8.80. The van der Waals surface area contributed by atoms with Crippen molar-refractivity contribution < 1.29 is 4.42 Å². The Kier molecular flexibility index (Phi) is 3.95. The van der Waals surface area contributed by atoms with Gasteiger partial charge in [0, 0.05) is 5.69 Å². The second kappa shape index (κ2) is 5.47. The Morgan fingerprint density at radius 1 is 1.39 bits per heavy atom. The zero-order valence-electron chi connectivity index (χ0n) is 9.58. The van der Waals surface area contributed by atoms with Gasteiger partial charge in [-0.05, 0) is 53.2 Å². The van der Waals surface area contributed by atoms with Crippen LogP contribution in [0.15, 0.2) is 39.4 Å². The number of nitriles is 1. The van der Waals surface area contributed by atoms with Crippen molar-refractivity contribution in [1.82, 2.24) is 0 Å². The van der Waals surface area contributed by atoms with E-state index >= 15 is 0 Å². The van der Waals surface area contributed by atoms with E-state index in [-0.39, 0.29) is 6.04 Å². The van der Waals surface area contributed by atoms with E-state index in [9.17, 15) is 0 Å². The van der Waals surface area contributed by atoms with Gasteiger partial charge < -0.3 is 9.73 Å². The molecule has 1 atom stereocenters. The maximum Gasteiger partial charge on any atom is 0.169 e. The molecule has 0 amide bonds. The summed E-state index contributed by atoms with van der Waals surface area (Å²) in [7, 11) is 0. The zero-order valence-corrected chi connectivity index (χ0v) is 11.9. The first-order valence-corrected chi connectivity index (χ1v) is 6.48. The van der Waals surface area contributed by atoms with Crippen LogP contribution in [0, 0.1) is 11.3 Å². The molecule has 0 aliphatic heterocycles. The molecule has 18 heavy (non-hydrogen) atoms. The third-order valence-corrected chi connectivity index (χ3v) is 3.23. The average Bonchev–Trinajstić information content (AvgIpc) is 2.76. The Hall–Kier alpha value is -1.44. The van der Waals surface area contributed by atoms with Crippen molar-refractivity contribution in [3.05, 3.63) is 51.3 Å². The maximum atomic E-state index is 8.80. The van der Waals surface area contributed by atoms with E-state index in [0.29, 0.717) is 15.3 Å². The fourth-order valence-corrected chi connectivity index (χ4v) is 2.12. The van der Waals surface area contributed by atoms with Gasteiger partial charge in [-0.15, -0.1) is 0 Å². The summed E-state index contributed by atoms with van der Waals surface area (Å²) >= 11 is 9.23. The molecular formula is C13H10BrClN2O. The number of nitrogens with one attached hydrogen (secondary N) is 1. The first kappa shape index (κ1) is 13.0. The molecule has 0 aliphatic carbocycles. The molecule has 1 unspecified atom stereocenters. The number of nitrogens with zero attached hydrogens (tertiary/aromatic N) is 1. The lowest BCUT2D eigenvalue weighted by Gasteiger charge is -2.13. The molecule has 2 rings (SSSR count). The second-order valence-corrected chi connectivity index (χ2v) is 5.00. The summed E-state index contributed by atoms with van der Waals surface area (Å²) in [6, 6.07) is 11.0. The van der Waals surface area contributed by atoms with Crippen molar-refractivity contribution in [2.45, 2.75) is 13.0 Å². The van der Waals surface area contributed by atoms with Gasteiger partial charge in [0.1, 0.15) is 11.8 Å². The fourth-order valence-electron chi connectivity index (χ4n) is 1.58. The molecule has 5 heteroatoms. The average molecular weight is 326 g/mol. The number of anilines is 1. The van der Waals surface area contributed by atoms with Crippen LogP contribution in [0.5, 0.6) is 0 Å². The van der Waals surface area contributed by atoms with E-state index in [0.717, 1.165) is 11.4 Å². The summed E-state index contributed by atoms with van der Waals surface area (Å²) in [6.45, 7) is 1.98. The van der Waals surface area contributed by atoms with Crippen LogP contribution in [0.25, 0.3) is 0 Å². The van der Waals surface area contributed by atoms with Crippen molar-refractivity contribution >= 4 is 33.2 Å². The topological polar surface area (TPSA) is 49.0 Å². The highest BCUT2D eigenvalue weighted by atomic mass is 79.9. The lowest BCUT2D eigenvalue weighted by molar-refractivity contribution is 0.471. The first-order chi connectivity index (χ1) is 8.60. The van der Waals surface area contributed by atoms with Gasteiger partial charge in [0.2, 0.25) is 0 Å². The van der Waals surface area contributed by atoms with Crippen LogP contribution in [-0.4, -0.2) is 0 Å². The molecule has 1 aromatic carbocycles. The quantitative estimate of drug-likeness (QED) is 0.886. The van der Waals surface area contributed by atoms with Crippen LogP contribution in [0.1, 0.15) is 24.3 Å². The Morgan fingerprint density at radius 3 is 2.72 bits per heavy atom. The van der Waals surface area contributed by atoms with Crippen LogP contribution in [0.3, 0.4) is 0 Å². The van der Waals surface area contributed by atoms with Crippen LogP contribution in [-0.2, 0) is 0 Å². The molecular weight excluding hydrogens is 316 g/mol. The number of furan rings is 1. The standard InChI is InChI=1S/C13H10BrClN2O/c1-8(12-4-5-13(14)18-12)17-10-3-2-9(7-16)11(15)6-10/h2-6,8,17H,1H3. The number of rotatable bonds is 3. The number of halogens is 2. The summed E-state index contributed by atoms with van der Waals surface area (Å²) in [4.78, 5) is 0. The Bertz CT molecular complexity index is 603. The fraction of sp³-hybridized carbons (Fsp3) is 0.154. The minimum Gasteiger partial charge on any atom is -0.452 e. The third-order valence-electron chi connectivity index (χ3n) is 2.49. The van der Waals surface area contributed by atoms with Gasteiger partial charge in [-0.25, -0.2) is 0 Å². The molecule has 2 aromatic rings. The largest absolute Gasteiger partial charge is 0.452 e. The predicted octanol–water partition coefficient (Wildman–Crippen LogP) is 4.74. The zero-order chi connectivity index (χ0) is 13.1. The second-order valence-electron chi connectivity index (χ2n) is 3.81. The molecule has 0 bridgehead atoms. The van der Waals surface area contributed by atoms with E-state index in [4.69, 9.17) is 21.3 Å². The molecule has 0 radical (unpaired) electrons. The van der Waals surface area contributed by atoms with E-state index in [1.807, 2.05) is 31.2 Å². The highest BCUT2D eigenvalue weighted by molar-refractivity contribution is 9.10. The van der Waals surface area contributed by atoms with E-state index in [1.54, 1.807) is 12.1 Å². The molecule has 1 N–H and O–H groups in total. The van der Waals surface area contributed by atoms with Gasteiger partial charge in [-0.1, -0.05) is 11.6 Å². The van der Waals surface area contributed by atoms with Gasteiger partial charge in [0.25, 0.3) is 0 Å². The van der Waals surface area contributed by atoms with Crippen LogP contribution in [0.4, 0.5) is 5.69 Å². The minimum absolute atomic E-state index is 0.0142. The van der Waals surface area contributed by atoms with Gasteiger partial charge in [-0.2, -0.15) is 5.26 Å². The lowest BCUT2D eigenvalue weighted by Crippen LogP contribution is -2.05. The molecule has 92 valence electrons. The van der Waals surface area contributed by atoms with Gasteiger partial charge in [0.05, 0.1) is 16.6 Å². The van der Waals surface area contributed by atoms with Gasteiger partial charge in [0.15, 0.2) is 4.67 Å². The lowest BCUT2D eigenvalue weighted by atomic mass is 10.2. The third kappa shape index (κ3) is 2.87. The summed E-state index contributed by atoms with van der Waals surface area (Å²) < 4.78 is 6.16. The van der Waals surface area contributed by atoms with Crippen LogP contribution in [0.2, 0.25) is 5.02 Å². The summed E-state index contributed by atoms with van der Waals surface area (Å²) in [5, 5.41) is 12.5. The van der Waals surface area contributed by atoms with Crippen molar-refractivity contribution in [3.8, 4) is 6.07 Å². The molecule has 0 saturated carbocycles. The van der Waals surface area contributed by atoms with Crippen LogP contribution < -0.4 is 5.32 Å². The van der Waals surface area contributed by atoms with Gasteiger partial charge >= 0.3 is 0 Å². The first-order valence-electron chi connectivity index (χ1n) is 5.31. The molecule has 1 aromatic heterocycles. The summed E-state index contributed by atoms with van der Waals surface area (Å²) in [6.07, 6.45) is 0. The molecule has 3 nitrogen and oxygen atoms in total. The molecule has 0 saturated heterocycles. The number of benzene rings is 1. The van der Waals surface area contributed by atoms with Crippen LogP contribution >= 0.6 is 27.5 Å². The van der Waals surface area contributed by atoms with Crippen molar-refractivity contribution in [2.24, 2.45) is 0 Å². The van der Waals surface area contributed by atoms with Gasteiger partial charge in [-0.3, -0.25) is 0 Å². The molecule has 0 fully saturated rings. The predicted molar refractivity (Wildman–Crippen MR) is 74.6 cm³/mol. The highest BCUT2D eigenvalue weighted by Crippen LogP contribution is 2.26. The van der Waals surface area contributed by atoms with Crippen molar-refractivity contribution in [3.63, 3.8) is 0 Å². The SMILES string of the molecule is CC(Nc1ccc(C#N)c(Cl)c1)c1ccc(Br)o1. The Labute approximate surface area is 118 Å².